The molecule has 1 unspecified atom stereocenters. The van der Waals surface area contributed by atoms with Crippen LogP contribution in [0.2, 0.25) is 18.1 Å². The maximum atomic E-state index is 10.5. The van der Waals surface area contributed by atoms with Crippen LogP contribution in [0.5, 0.6) is 5.75 Å². The molecule has 0 bridgehead atoms. The Bertz CT molecular complexity index is 1900. The van der Waals surface area contributed by atoms with Crippen molar-refractivity contribution in [3.05, 3.63) is 155 Å². The SMILES string of the molecule is COc1ccc2cc(-c3nc(CO)cn3C(c3ccccc3)(c3ccccc3)c3ccccc3)ccc2c1C(C)O[Si](C)(C)C(C)(C)C. The molecule has 0 aliphatic carbocycles. The van der Waals surface area contributed by atoms with Crippen LogP contribution in [0.15, 0.2) is 128 Å². The van der Waals surface area contributed by atoms with Gasteiger partial charge in [-0.3, -0.25) is 0 Å². The molecular weight excluding hydrogens is 609 g/mol. The van der Waals surface area contributed by atoms with Crippen molar-refractivity contribution in [1.29, 1.82) is 0 Å². The van der Waals surface area contributed by atoms with Crippen molar-refractivity contribution >= 4 is 19.1 Å². The lowest BCUT2D eigenvalue weighted by Gasteiger charge is -2.39. The van der Waals surface area contributed by atoms with E-state index in [9.17, 15) is 5.11 Å². The number of benzene rings is 5. The van der Waals surface area contributed by atoms with Gasteiger partial charge in [-0.15, -0.1) is 0 Å². The van der Waals surface area contributed by atoms with E-state index in [1.54, 1.807) is 7.11 Å². The second-order valence-corrected chi connectivity index (χ2v) is 18.8. The van der Waals surface area contributed by atoms with Gasteiger partial charge in [-0.05, 0) is 64.7 Å². The molecule has 0 radical (unpaired) electrons. The number of methoxy groups -OCH3 is 1. The van der Waals surface area contributed by atoms with Gasteiger partial charge in [0.2, 0.25) is 0 Å². The van der Waals surface area contributed by atoms with E-state index in [0.717, 1.165) is 50.2 Å². The largest absolute Gasteiger partial charge is 0.496 e. The molecule has 1 N–H and O–H groups in total. The monoisotopic (exact) mass is 654 g/mol. The molecule has 0 amide bonds. The molecule has 0 fully saturated rings. The summed E-state index contributed by atoms with van der Waals surface area (Å²) >= 11 is 0. The highest BCUT2D eigenvalue weighted by atomic mass is 28.4. The number of hydrogen-bond acceptors (Lipinski definition) is 4. The number of rotatable bonds is 10. The van der Waals surface area contributed by atoms with E-state index in [1.807, 2.05) is 30.5 Å². The molecule has 6 rings (SSSR count). The Balaban J connectivity index is 1.60. The van der Waals surface area contributed by atoms with Gasteiger partial charge >= 0.3 is 0 Å². The van der Waals surface area contributed by atoms with Crippen LogP contribution in [0.4, 0.5) is 0 Å². The minimum Gasteiger partial charge on any atom is -0.496 e. The van der Waals surface area contributed by atoms with Crippen molar-refractivity contribution in [3.8, 4) is 17.1 Å². The lowest BCUT2D eigenvalue weighted by molar-refractivity contribution is 0.200. The molecule has 0 aliphatic heterocycles. The molecule has 0 spiro atoms. The van der Waals surface area contributed by atoms with Gasteiger partial charge < -0.3 is 18.8 Å². The van der Waals surface area contributed by atoms with Gasteiger partial charge in [0.25, 0.3) is 0 Å². The van der Waals surface area contributed by atoms with Crippen molar-refractivity contribution in [2.75, 3.05) is 7.11 Å². The zero-order chi connectivity index (χ0) is 34.1. The summed E-state index contributed by atoms with van der Waals surface area (Å²) in [6.45, 7) is 13.3. The maximum Gasteiger partial charge on any atom is 0.192 e. The number of fused-ring (bicyclic) bond motifs is 1. The van der Waals surface area contributed by atoms with Crippen LogP contribution in [0.25, 0.3) is 22.2 Å². The van der Waals surface area contributed by atoms with Crippen molar-refractivity contribution < 1.29 is 14.3 Å². The van der Waals surface area contributed by atoms with Crippen molar-refractivity contribution in [2.24, 2.45) is 0 Å². The predicted molar refractivity (Wildman–Crippen MR) is 199 cm³/mol. The van der Waals surface area contributed by atoms with Crippen LogP contribution in [0, 0.1) is 0 Å². The molecule has 6 heteroatoms. The zero-order valence-corrected chi connectivity index (χ0v) is 30.1. The molecule has 1 atom stereocenters. The molecule has 246 valence electrons. The third-order valence-electron chi connectivity index (χ3n) is 10.0. The molecule has 1 aromatic heterocycles. The number of aliphatic hydroxyl groups excluding tert-OH is 1. The highest BCUT2D eigenvalue weighted by molar-refractivity contribution is 6.74. The van der Waals surface area contributed by atoms with Crippen LogP contribution in [-0.4, -0.2) is 30.1 Å². The Morgan fingerprint density at radius 3 is 1.79 bits per heavy atom. The molecule has 5 aromatic carbocycles. The van der Waals surface area contributed by atoms with Gasteiger partial charge in [-0.1, -0.05) is 130 Å². The van der Waals surface area contributed by atoms with Gasteiger partial charge in [0, 0.05) is 17.3 Å². The van der Waals surface area contributed by atoms with Gasteiger partial charge in [-0.25, -0.2) is 4.98 Å². The summed E-state index contributed by atoms with van der Waals surface area (Å²) in [7, 11) is -0.333. The molecule has 0 saturated heterocycles. The summed E-state index contributed by atoms with van der Waals surface area (Å²) in [5.41, 5.74) is 5.11. The van der Waals surface area contributed by atoms with Crippen molar-refractivity contribution in [1.82, 2.24) is 9.55 Å². The Kier molecular flexibility index (Phi) is 9.18. The zero-order valence-electron chi connectivity index (χ0n) is 29.1. The summed E-state index contributed by atoms with van der Waals surface area (Å²) in [6.07, 6.45) is 1.85. The quantitative estimate of drug-likeness (QED) is 0.118. The van der Waals surface area contributed by atoms with Crippen LogP contribution < -0.4 is 4.74 Å². The summed E-state index contributed by atoms with van der Waals surface area (Å²) in [5, 5.41) is 12.7. The Morgan fingerprint density at radius 2 is 1.31 bits per heavy atom. The summed E-state index contributed by atoms with van der Waals surface area (Å²) in [4.78, 5) is 5.08. The Labute approximate surface area is 286 Å². The van der Waals surface area contributed by atoms with Gasteiger partial charge in [0.05, 0.1) is 25.5 Å². The summed E-state index contributed by atoms with van der Waals surface area (Å²) in [5.74, 6) is 1.59. The lowest BCUT2D eigenvalue weighted by atomic mass is 9.76. The number of ether oxygens (including phenoxy) is 1. The number of imidazole rings is 1. The lowest BCUT2D eigenvalue weighted by Crippen LogP contribution is -2.41. The minimum absolute atomic E-state index is 0.0799. The highest BCUT2D eigenvalue weighted by Crippen LogP contribution is 2.46. The first-order chi connectivity index (χ1) is 23.0. The number of aromatic nitrogens is 2. The van der Waals surface area contributed by atoms with Crippen LogP contribution in [-0.2, 0) is 16.6 Å². The molecule has 6 aromatic rings. The van der Waals surface area contributed by atoms with E-state index in [2.05, 4.69) is 142 Å². The normalized spacial score (nSPS) is 13.1. The first-order valence-electron chi connectivity index (χ1n) is 16.7. The Morgan fingerprint density at radius 1 is 0.771 bits per heavy atom. The van der Waals surface area contributed by atoms with E-state index in [1.165, 1.54) is 0 Å². The van der Waals surface area contributed by atoms with E-state index in [4.69, 9.17) is 14.1 Å². The van der Waals surface area contributed by atoms with E-state index < -0.39 is 13.9 Å². The molecule has 1 heterocycles. The second kappa shape index (κ2) is 13.2. The average molecular weight is 655 g/mol. The summed E-state index contributed by atoms with van der Waals surface area (Å²) in [6, 6.07) is 42.3. The molecule has 5 nitrogen and oxygen atoms in total. The highest BCUT2D eigenvalue weighted by Gasteiger charge is 2.41. The molecule has 48 heavy (non-hydrogen) atoms. The standard InChI is InChI=1S/C42H46N2O3Si/c1-30(47-48(6,7)41(2,3)4)39-37-25-23-32(27-31(37)24-26-38(39)46-5)40-43-36(29-45)28-44(40)42(33-17-11-8-12-18-33,34-19-13-9-14-20-34)35-21-15-10-16-22-35/h8-28,30,45H,29H2,1-7H3. The molecule has 0 aliphatic rings. The van der Waals surface area contributed by atoms with Crippen LogP contribution in [0.1, 0.15) is 61.7 Å². The number of nitrogens with zero attached hydrogens (tertiary/aromatic N) is 2. The van der Waals surface area contributed by atoms with E-state index >= 15 is 0 Å². The number of hydrogen-bond donors (Lipinski definition) is 1. The van der Waals surface area contributed by atoms with Gasteiger partial charge in [0.15, 0.2) is 8.32 Å². The fraction of sp³-hybridized carbons (Fsp3) is 0.262. The predicted octanol–water partition coefficient (Wildman–Crippen LogP) is 10.1. The van der Waals surface area contributed by atoms with E-state index in [-0.39, 0.29) is 17.7 Å². The first-order valence-corrected chi connectivity index (χ1v) is 19.6. The second-order valence-electron chi connectivity index (χ2n) is 14.0. The smallest absolute Gasteiger partial charge is 0.192 e. The van der Waals surface area contributed by atoms with Crippen LogP contribution >= 0.6 is 0 Å². The van der Waals surface area contributed by atoms with E-state index in [0.29, 0.717) is 5.69 Å². The fourth-order valence-corrected chi connectivity index (χ4v) is 8.02. The third-order valence-corrected chi connectivity index (χ3v) is 14.6. The van der Waals surface area contributed by atoms with Crippen molar-refractivity contribution in [2.45, 2.75) is 64.1 Å². The third kappa shape index (κ3) is 5.89. The Hall–Kier alpha value is -4.49. The average Bonchev–Trinajstić information content (AvgIpc) is 3.53. The topological polar surface area (TPSA) is 56.5 Å². The summed E-state index contributed by atoms with van der Waals surface area (Å²) < 4.78 is 15.0. The van der Waals surface area contributed by atoms with Crippen molar-refractivity contribution in [3.63, 3.8) is 0 Å². The molecule has 0 saturated carbocycles. The van der Waals surface area contributed by atoms with Crippen LogP contribution in [0.3, 0.4) is 0 Å². The van der Waals surface area contributed by atoms with Gasteiger partial charge in [0.1, 0.15) is 17.1 Å². The first kappa shape index (κ1) is 33.4. The minimum atomic E-state index is -2.06. The maximum absolute atomic E-state index is 10.5. The number of aliphatic hydroxyl groups is 1. The fourth-order valence-electron chi connectivity index (χ4n) is 6.67. The van der Waals surface area contributed by atoms with Gasteiger partial charge in [-0.2, -0.15) is 0 Å². The molecular formula is C42H46N2O3Si.